The summed E-state index contributed by atoms with van der Waals surface area (Å²) in [6.45, 7) is 2.69. The Morgan fingerprint density at radius 2 is 2.21 bits per heavy atom. The van der Waals surface area contributed by atoms with Gasteiger partial charge in [0.1, 0.15) is 17.1 Å². The molecule has 1 saturated carbocycles. The van der Waals surface area contributed by atoms with Crippen LogP contribution in [0.1, 0.15) is 46.1 Å². The van der Waals surface area contributed by atoms with Crippen LogP contribution in [0.2, 0.25) is 0 Å². The number of benzene rings is 1. The van der Waals surface area contributed by atoms with Gasteiger partial charge in [0.15, 0.2) is 0 Å². The molecule has 2 N–H and O–H groups in total. The number of aliphatic hydroxyl groups is 1. The first kappa shape index (κ1) is 17.3. The van der Waals surface area contributed by atoms with Gasteiger partial charge in [0.2, 0.25) is 0 Å². The smallest absolute Gasteiger partial charge is 0.272 e. The zero-order chi connectivity index (χ0) is 19.3. The quantitative estimate of drug-likeness (QED) is 0.733. The molecule has 0 bridgehead atoms. The van der Waals surface area contributed by atoms with Crippen LogP contribution in [0.25, 0.3) is 5.65 Å². The molecule has 6 nitrogen and oxygen atoms in total. The second kappa shape index (κ2) is 6.63. The van der Waals surface area contributed by atoms with E-state index in [0.29, 0.717) is 25.1 Å². The molecule has 144 valence electrons. The number of aryl methyl sites for hydroxylation is 1. The molecule has 3 aromatic rings. The molecule has 5 rings (SSSR count). The van der Waals surface area contributed by atoms with Crippen LogP contribution in [-0.4, -0.2) is 33.1 Å². The summed E-state index contributed by atoms with van der Waals surface area (Å²) in [5.74, 6) is 0.961. The summed E-state index contributed by atoms with van der Waals surface area (Å²) in [7, 11) is 0. The van der Waals surface area contributed by atoms with Crippen LogP contribution < -0.4 is 10.1 Å². The van der Waals surface area contributed by atoms with Crippen LogP contribution in [0.15, 0.2) is 42.7 Å². The molecule has 1 aromatic carbocycles. The van der Waals surface area contributed by atoms with Crippen molar-refractivity contribution in [2.24, 2.45) is 5.92 Å². The van der Waals surface area contributed by atoms with Gasteiger partial charge in [0.25, 0.3) is 5.91 Å². The minimum absolute atomic E-state index is 0.146. The van der Waals surface area contributed by atoms with Crippen molar-refractivity contribution in [2.75, 3.05) is 6.61 Å². The van der Waals surface area contributed by atoms with Crippen LogP contribution in [0.4, 0.5) is 0 Å². The van der Waals surface area contributed by atoms with Crippen molar-refractivity contribution >= 4 is 11.6 Å². The Labute approximate surface area is 163 Å². The van der Waals surface area contributed by atoms with E-state index in [4.69, 9.17) is 4.74 Å². The normalized spacial score (nSPS) is 21.6. The third-order valence-corrected chi connectivity index (χ3v) is 5.89. The summed E-state index contributed by atoms with van der Waals surface area (Å²) < 4.78 is 7.48. The highest BCUT2D eigenvalue weighted by molar-refractivity contribution is 5.93. The van der Waals surface area contributed by atoms with Gasteiger partial charge in [0, 0.05) is 18.8 Å². The molecule has 28 heavy (non-hydrogen) atoms. The zero-order valence-electron chi connectivity index (χ0n) is 15.8. The average Bonchev–Trinajstić information content (AvgIpc) is 3.30. The number of amides is 1. The van der Waals surface area contributed by atoms with E-state index in [2.05, 4.69) is 16.4 Å². The molecule has 1 atom stereocenters. The molecule has 1 amide bonds. The zero-order valence-corrected chi connectivity index (χ0v) is 15.8. The third kappa shape index (κ3) is 2.94. The number of hydrogen-bond acceptors (Lipinski definition) is 4. The van der Waals surface area contributed by atoms with E-state index >= 15 is 0 Å². The first-order valence-corrected chi connectivity index (χ1v) is 9.77. The standard InChI is InChI=1S/C22H23N3O3/c1-13-3-2-7-25-12-18(23-21(13)25)22(27)24-20(16-10-17(26)11-16)15-4-5-19-14(9-15)6-8-28-19/h2-5,7,9,12,16-17,20,26H,6,8,10-11H2,1H3,(H,24,27). The maximum absolute atomic E-state index is 13.0. The van der Waals surface area contributed by atoms with Gasteiger partial charge >= 0.3 is 0 Å². The molecule has 6 heteroatoms. The summed E-state index contributed by atoms with van der Waals surface area (Å²) in [5, 5.41) is 13.0. The van der Waals surface area contributed by atoms with E-state index in [0.717, 1.165) is 28.9 Å². The summed E-state index contributed by atoms with van der Waals surface area (Å²) in [6, 6.07) is 9.92. The van der Waals surface area contributed by atoms with Crippen LogP contribution in [0.5, 0.6) is 5.75 Å². The SMILES string of the molecule is Cc1cccn2cc(C(=O)NC(c3ccc4c(c3)CCO4)C3CC(O)C3)nc12. The number of aliphatic hydroxyl groups excluding tert-OH is 1. The van der Waals surface area contributed by atoms with Gasteiger partial charge in [-0.2, -0.15) is 0 Å². The van der Waals surface area contributed by atoms with Crippen LogP contribution >= 0.6 is 0 Å². The molecule has 1 aliphatic carbocycles. The van der Waals surface area contributed by atoms with Crippen molar-refractivity contribution < 1.29 is 14.6 Å². The van der Waals surface area contributed by atoms with E-state index in [1.54, 1.807) is 6.20 Å². The molecule has 0 spiro atoms. The maximum atomic E-state index is 13.0. The number of carbonyl (C=O) groups is 1. The molecule has 2 aliphatic rings. The Bertz CT molecular complexity index is 1050. The molecule has 2 aromatic heterocycles. The number of ether oxygens (including phenoxy) is 1. The molecule has 0 radical (unpaired) electrons. The van der Waals surface area contributed by atoms with Crippen molar-refractivity contribution in [3.63, 3.8) is 0 Å². The average molecular weight is 377 g/mol. The lowest BCUT2D eigenvalue weighted by atomic mass is 9.75. The highest BCUT2D eigenvalue weighted by atomic mass is 16.5. The Kier molecular flexibility index (Phi) is 4.09. The predicted molar refractivity (Wildman–Crippen MR) is 105 cm³/mol. The van der Waals surface area contributed by atoms with E-state index in [9.17, 15) is 9.90 Å². The Balaban J connectivity index is 1.44. The minimum Gasteiger partial charge on any atom is -0.493 e. The van der Waals surface area contributed by atoms with Crippen molar-refractivity contribution in [3.8, 4) is 5.75 Å². The molecular weight excluding hydrogens is 354 g/mol. The maximum Gasteiger partial charge on any atom is 0.272 e. The fraction of sp³-hybridized carbons (Fsp3) is 0.364. The number of imidazole rings is 1. The Morgan fingerprint density at radius 1 is 1.36 bits per heavy atom. The molecule has 1 fully saturated rings. The first-order chi connectivity index (χ1) is 13.6. The van der Waals surface area contributed by atoms with E-state index in [1.165, 1.54) is 5.56 Å². The van der Waals surface area contributed by atoms with Gasteiger partial charge in [-0.3, -0.25) is 4.79 Å². The largest absolute Gasteiger partial charge is 0.493 e. The van der Waals surface area contributed by atoms with Gasteiger partial charge in [-0.05, 0) is 60.6 Å². The van der Waals surface area contributed by atoms with Crippen molar-refractivity contribution in [1.29, 1.82) is 0 Å². The van der Waals surface area contributed by atoms with Crippen molar-refractivity contribution in [2.45, 2.75) is 38.3 Å². The molecule has 0 saturated heterocycles. The van der Waals surface area contributed by atoms with E-state index < -0.39 is 0 Å². The number of pyridine rings is 1. The highest BCUT2D eigenvalue weighted by Gasteiger charge is 2.36. The number of carbonyl (C=O) groups excluding carboxylic acids is 1. The monoisotopic (exact) mass is 377 g/mol. The van der Waals surface area contributed by atoms with Gasteiger partial charge in [-0.15, -0.1) is 0 Å². The Morgan fingerprint density at radius 3 is 3.00 bits per heavy atom. The summed E-state index contributed by atoms with van der Waals surface area (Å²) >= 11 is 0. The lowest BCUT2D eigenvalue weighted by Gasteiger charge is -2.38. The summed E-state index contributed by atoms with van der Waals surface area (Å²) in [5.41, 5.74) is 4.47. The number of aromatic nitrogens is 2. The van der Waals surface area contributed by atoms with Crippen LogP contribution in [0, 0.1) is 12.8 Å². The summed E-state index contributed by atoms with van der Waals surface area (Å²) in [4.78, 5) is 17.5. The topological polar surface area (TPSA) is 75.9 Å². The second-order valence-electron chi connectivity index (χ2n) is 7.85. The third-order valence-electron chi connectivity index (χ3n) is 5.89. The highest BCUT2D eigenvalue weighted by Crippen LogP contribution is 2.40. The number of nitrogens with one attached hydrogen (secondary N) is 1. The molecule has 3 heterocycles. The van der Waals surface area contributed by atoms with Gasteiger partial charge in [0.05, 0.1) is 18.8 Å². The molecular formula is C22H23N3O3. The van der Waals surface area contributed by atoms with Gasteiger partial charge < -0.3 is 19.6 Å². The number of nitrogens with zero attached hydrogens (tertiary/aromatic N) is 2. The molecule has 1 aliphatic heterocycles. The summed E-state index contributed by atoms with van der Waals surface area (Å²) in [6.07, 6.45) is 5.67. The van der Waals surface area contributed by atoms with Gasteiger partial charge in [-0.1, -0.05) is 12.1 Å². The number of rotatable bonds is 4. The van der Waals surface area contributed by atoms with Crippen LogP contribution in [-0.2, 0) is 6.42 Å². The predicted octanol–water partition coefficient (Wildman–Crippen LogP) is 2.82. The Hall–Kier alpha value is -2.86. The fourth-order valence-corrected chi connectivity index (χ4v) is 4.25. The first-order valence-electron chi connectivity index (χ1n) is 9.77. The minimum atomic E-state index is -0.278. The van der Waals surface area contributed by atoms with Crippen molar-refractivity contribution in [3.05, 3.63) is 65.1 Å². The molecule has 1 unspecified atom stereocenters. The van der Waals surface area contributed by atoms with Gasteiger partial charge in [-0.25, -0.2) is 4.98 Å². The van der Waals surface area contributed by atoms with E-state index in [1.807, 2.05) is 41.8 Å². The number of hydrogen-bond donors (Lipinski definition) is 2. The fourth-order valence-electron chi connectivity index (χ4n) is 4.25. The van der Waals surface area contributed by atoms with E-state index in [-0.39, 0.29) is 24.0 Å². The number of fused-ring (bicyclic) bond motifs is 2. The second-order valence-corrected chi connectivity index (χ2v) is 7.85. The lowest BCUT2D eigenvalue weighted by Crippen LogP contribution is -2.41. The van der Waals surface area contributed by atoms with Crippen molar-refractivity contribution in [1.82, 2.24) is 14.7 Å². The lowest BCUT2D eigenvalue weighted by molar-refractivity contribution is 0.0234. The van der Waals surface area contributed by atoms with Crippen LogP contribution in [0.3, 0.4) is 0 Å².